The maximum Gasteiger partial charge on any atom is 0.303 e. The van der Waals surface area contributed by atoms with Crippen LogP contribution in [0.1, 0.15) is 67.7 Å². The molecule has 192 valence electrons. The number of hydrogen-bond acceptors (Lipinski definition) is 8. The molecule has 0 N–H and O–H groups in total. The van der Waals surface area contributed by atoms with Crippen molar-refractivity contribution in [1.82, 2.24) is 0 Å². The van der Waals surface area contributed by atoms with Gasteiger partial charge in [-0.1, -0.05) is 25.2 Å². The molecule has 1 saturated heterocycles. The van der Waals surface area contributed by atoms with Crippen LogP contribution in [-0.2, 0) is 38.1 Å². The zero-order valence-electron chi connectivity index (χ0n) is 21.6. The van der Waals surface area contributed by atoms with Gasteiger partial charge in [-0.25, -0.2) is 0 Å². The molecule has 0 amide bonds. The summed E-state index contributed by atoms with van der Waals surface area (Å²) in [5.41, 5.74) is 0.417. The van der Waals surface area contributed by atoms with Crippen molar-refractivity contribution < 1.29 is 38.1 Å². The second-order valence-electron chi connectivity index (χ2n) is 10.3. The van der Waals surface area contributed by atoms with Crippen molar-refractivity contribution in [3.63, 3.8) is 0 Å². The first-order valence-corrected chi connectivity index (χ1v) is 11.8. The molecule has 0 unspecified atom stereocenters. The Bertz CT molecular complexity index is 803. The second-order valence-corrected chi connectivity index (χ2v) is 10.3. The smallest absolute Gasteiger partial charge is 0.303 e. The van der Waals surface area contributed by atoms with Crippen LogP contribution in [-0.4, -0.2) is 54.7 Å². The highest BCUT2D eigenvalue weighted by Gasteiger charge is 2.51. The third-order valence-electron chi connectivity index (χ3n) is 7.12. The Morgan fingerprint density at radius 1 is 1.00 bits per heavy atom. The zero-order chi connectivity index (χ0) is 25.8. The fraction of sp³-hybridized carbons (Fsp3) is 0.731. The highest BCUT2D eigenvalue weighted by atomic mass is 16.7. The minimum Gasteiger partial charge on any atom is -0.456 e. The van der Waals surface area contributed by atoms with Gasteiger partial charge in [-0.05, 0) is 57.3 Å². The van der Waals surface area contributed by atoms with E-state index in [2.05, 4.69) is 20.1 Å². The molecular weight excluding hydrogens is 440 g/mol. The molecule has 8 heteroatoms. The Balaban J connectivity index is 2.28. The monoisotopic (exact) mass is 480 g/mol. The molecule has 7 atom stereocenters. The average Bonchev–Trinajstić information content (AvgIpc) is 2.71. The quantitative estimate of drug-likeness (QED) is 0.291. The molecule has 2 rings (SSSR count). The largest absolute Gasteiger partial charge is 0.456 e. The van der Waals surface area contributed by atoms with Gasteiger partial charge in [0.25, 0.3) is 0 Å². The molecule has 1 aliphatic carbocycles. The SMILES string of the molecule is C=C[C@]1(C)CC[C@@H](C(C)(C)O[C@@H]2OC[C@@H](OC(C)=O)[C@H](OC(C)=O)[C@H]2OC(C)=O)C[C@H]1C(=C)C. The molecule has 0 spiro atoms. The summed E-state index contributed by atoms with van der Waals surface area (Å²) in [7, 11) is 0. The zero-order valence-corrected chi connectivity index (χ0v) is 21.6. The topological polar surface area (TPSA) is 97.4 Å². The van der Waals surface area contributed by atoms with Gasteiger partial charge in [-0.3, -0.25) is 14.4 Å². The molecule has 1 saturated carbocycles. The van der Waals surface area contributed by atoms with Gasteiger partial charge in [-0.15, -0.1) is 6.58 Å². The van der Waals surface area contributed by atoms with Crippen molar-refractivity contribution in [3.8, 4) is 0 Å². The Kier molecular flexibility index (Phi) is 9.10. The van der Waals surface area contributed by atoms with E-state index in [4.69, 9.17) is 23.7 Å². The summed E-state index contributed by atoms with van der Waals surface area (Å²) in [5.74, 6) is -1.33. The minimum absolute atomic E-state index is 0.0301. The summed E-state index contributed by atoms with van der Waals surface area (Å²) in [6.45, 7) is 20.1. The molecule has 34 heavy (non-hydrogen) atoms. The lowest BCUT2D eigenvalue weighted by Gasteiger charge is -2.49. The fourth-order valence-corrected chi connectivity index (χ4v) is 5.18. The molecular formula is C26H40O8. The van der Waals surface area contributed by atoms with Gasteiger partial charge < -0.3 is 23.7 Å². The van der Waals surface area contributed by atoms with Crippen LogP contribution in [0.3, 0.4) is 0 Å². The van der Waals surface area contributed by atoms with Crippen molar-refractivity contribution >= 4 is 17.9 Å². The highest BCUT2D eigenvalue weighted by Crippen LogP contribution is 2.50. The van der Waals surface area contributed by atoms with Gasteiger partial charge >= 0.3 is 17.9 Å². The van der Waals surface area contributed by atoms with Crippen LogP contribution in [0, 0.1) is 17.3 Å². The lowest BCUT2D eigenvalue weighted by molar-refractivity contribution is -0.310. The van der Waals surface area contributed by atoms with Crippen LogP contribution in [0.5, 0.6) is 0 Å². The van der Waals surface area contributed by atoms with Gasteiger partial charge in [0.15, 0.2) is 24.6 Å². The highest BCUT2D eigenvalue weighted by molar-refractivity contribution is 5.68. The van der Waals surface area contributed by atoms with Crippen LogP contribution in [0.2, 0.25) is 0 Å². The summed E-state index contributed by atoms with van der Waals surface area (Å²) in [5, 5.41) is 0. The number of ether oxygens (including phenoxy) is 5. The van der Waals surface area contributed by atoms with Gasteiger partial charge in [0.2, 0.25) is 0 Å². The summed E-state index contributed by atoms with van der Waals surface area (Å²) >= 11 is 0. The molecule has 0 bridgehead atoms. The maximum atomic E-state index is 11.9. The Labute approximate surface area is 203 Å². The number of carbonyl (C=O) groups excluding carboxylic acids is 3. The Hall–Kier alpha value is -2.19. The van der Waals surface area contributed by atoms with E-state index < -0.39 is 48.1 Å². The van der Waals surface area contributed by atoms with Crippen molar-refractivity contribution in [1.29, 1.82) is 0 Å². The molecule has 0 radical (unpaired) electrons. The molecule has 1 aliphatic heterocycles. The maximum absolute atomic E-state index is 11.9. The number of hydrogen-bond donors (Lipinski definition) is 0. The van der Waals surface area contributed by atoms with Crippen LogP contribution in [0.15, 0.2) is 24.8 Å². The molecule has 0 aromatic heterocycles. The first-order chi connectivity index (χ1) is 15.7. The fourth-order valence-electron chi connectivity index (χ4n) is 5.18. The van der Waals surface area contributed by atoms with E-state index >= 15 is 0 Å². The number of allylic oxidation sites excluding steroid dienone is 2. The number of esters is 3. The molecule has 1 heterocycles. The van der Waals surface area contributed by atoms with E-state index in [0.717, 1.165) is 24.8 Å². The van der Waals surface area contributed by atoms with Crippen LogP contribution >= 0.6 is 0 Å². The van der Waals surface area contributed by atoms with E-state index in [1.54, 1.807) is 0 Å². The normalized spacial score (nSPS) is 34.0. The van der Waals surface area contributed by atoms with Gasteiger partial charge in [0.1, 0.15) is 0 Å². The van der Waals surface area contributed by atoms with E-state index in [9.17, 15) is 14.4 Å². The van der Waals surface area contributed by atoms with E-state index in [0.29, 0.717) is 0 Å². The molecule has 2 fully saturated rings. The standard InChI is InChI=1S/C26H40O8/c1-10-26(9)12-11-19(13-20(26)15(2)3)25(7,8)34-24-23(33-18(6)29)22(32-17(5)28)21(14-30-24)31-16(4)27/h10,19-24H,1-2,11-14H2,3-9H3/t19-,20+,21-,22+,23-,24+,26-/m1/s1. The van der Waals surface area contributed by atoms with Crippen molar-refractivity contribution in [2.45, 2.75) is 97.9 Å². The predicted molar refractivity (Wildman–Crippen MR) is 126 cm³/mol. The third-order valence-corrected chi connectivity index (χ3v) is 7.12. The lowest BCUT2D eigenvalue weighted by atomic mass is 9.60. The lowest BCUT2D eigenvalue weighted by Crippen LogP contribution is -2.60. The van der Waals surface area contributed by atoms with Crippen LogP contribution < -0.4 is 0 Å². The van der Waals surface area contributed by atoms with Crippen molar-refractivity contribution in [2.24, 2.45) is 17.3 Å². The summed E-state index contributed by atoms with van der Waals surface area (Å²) < 4.78 is 28.5. The van der Waals surface area contributed by atoms with E-state index in [1.807, 2.05) is 26.8 Å². The molecule has 0 aromatic carbocycles. The third kappa shape index (κ3) is 6.69. The first kappa shape index (κ1) is 28.1. The molecule has 0 aromatic rings. The molecule has 2 aliphatic rings. The Morgan fingerprint density at radius 3 is 2.06 bits per heavy atom. The van der Waals surface area contributed by atoms with Gasteiger partial charge in [-0.2, -0.15) is 0 Å². The second kappa shape index (κ2) is 11.0. The van der Waals surface area contributed by atoms with Crippen LogP contribution in [0.4, 0.5) is 0 Å². The van der Waals surface area contributed by atoms with E-state index in [1.165, 1.54) is 20.8 Å². The van der Waals surface area contributed by atoms with Gasteiger partial charge in [0, 0.05) is 20.8 Å². The Morgan fingerprint density at radius 2 is 1.56 bits per heavy atom. The van der Waals surface area contributed by atoms with E-state index in [-0.39, 0.29) is 23.9 Å². The summed E-state index contributed by atoms with van der Waals surface area (Å²) in [4.78, 5) is 35.3. The van der Waals surface area contributed by atoms with Crippen molar-refractivity contribution in [2.75, 3.05) is 6.61 Å². The van der Waals surface area contributed by atoms with Crippen LogP contribution in [0.25, 0.3) is 0 Å². The minimum atomic E-state index is -1.10. The van der Waals surface area contributed by atoms with Gasteiger partial charge in [0.05, 0.1) is 12.2 Å². The van der Waals surface area contributed by atoms with Crippen molar-refractivity contribution in [3.05, 3.63) is 24.8 Å². The number of carbonyl (C=O) groups is 3. The predicted octanol–water partition coefficient (Wildman–Crippen LogP) is 4.12. The average molecular weight is 481 g/mol. The first-order valence-electron chi connectivity index (χ1n) is 11.8. The summed E-state index contributed by atoms with van der Waals surface area (Å²) in [6, 6.07) is 0. The number of rotatable bonds is 8. The summed E-state index contributed by atoms with van der Waals surface area (Å²) in [6.07, 6.45) is 0.643. The molecule has 8 nitrogen and oxygen atoms in total.